The van der Waals surface area contributed by atoms with Gasteiger partial charge in [-0.1, -0.05) is 52.3 Å². The van der Waals surface area contributed by atoms with Gasteiger partial charge in [-0.15, -0.1) is 0 Å². The summed E-state index contributed by atoms with van der Waals surface area (Å²) in [6.07, 6.45) is 0. The molecule has 0 bridgehead atoms. The number of hydrogen-bond donors (Lipinski definition) is 0. The number of rotatable bonds is 2. The zero-order valence-corrected chi connectivity index (χ0v) is 12.5. The molecule has 21 heavy (non-hydrogen) atoms. The van der Waals surface area contributed by atoms with Crippen molar-refractivity contribution in [2.45, 2.75) is 6.54 Å². The summed E-state index contributed by atoms with van der Waals surface area (Å²) in [5, 5.41) is 0. The number of ketones is 1. The Morgan fingerprint density at radius 2 is 1.43 bits per heavy atom. The fourth-order valence-corrected chi connectivity index (χ4v) is 2.69. The molecule has 1 aliphatic heterocycles. The summed E-state index contributed by atoms with van der Waals surface area (Å²) in [7, 11) is 0. The number of Topliss-reactive ketones (excluding diaryl/α,β-unsaturated/α-hetero) is 1. The molecule has 104 valence electrons. The van der Waals surface area contributed by atoms with Crippen LogP contribution in [0.3, 0.4) is 0 Å². The Morgan fingerprint density at radius 3 is 2.14 bits per heavy atom. The van der Waals surface area contributed by atoms with Crippen LogP contribution >= 0.6 is 15.9 Å². The van der Waals surface area contributed by atoms with Gasteiger partial charge >= 0.3 is 5.91 Å². The monoisotopic (exact) mass is 343 g/mol. The van der Waals surface area contributed by atoms with E-state index in [1.165, 1.54) is 6.07 Å². The van der Waals surface area contributed by atoms with Crippen molar-refractivity contribution < 1.29 is 14.4 Å². The average Bonchev–Trinajstić information content (AvgIpc) is 2.51. The van der Waals surface area contributed by atoms with Crippen LogP contribution in [0.2, 0.25) is 0 Å². The number of carbonyl (C=O) groups is 3. The lowest BCUT2D eigenvalue weighted by Crippen LogP contribution is -2.45. The number of fused-ring (bicyclic) bond motifs is 1. The molecule has 0 saturated heterocycles. The normalized spacial score (nSPS) is 14.3. The van der Waals surface area contributed by atoms with E-state index in [0.717, 1.165) is 14.9 Å². The van der Waals surface area contributed by atoms with E-state index in [9.17, 15) is 14.4 Å². The van der Waals surface area contributed by atoms with Gasteiger partial charge in [0.2, 0.25) is 0 Å². The van der Waals surface area contributed by atoms with Crippen LogP contribution in [-0.2, 0) is 11.3 Å². The van der Waals surface area contributed by atoms with Gasteiger partial charge < -0.3 is 0 Å². The highest BCUT2D eigenvalue weighted by Gasteiger charge is 2.37. The SMILES string of the molecule is O=C1C(=O)N(Cc2ccccc2Br)C(=O)c2ccccc21. The lowest BCUT2D eigenvalue weighted by molar-refractivity contribution is -0.124. The molecule has 2 amide bonds. The minimum absolute atomic E-state index is 0.0686. The van der Waals surface area contributed by atoms with Crippen LogP contribution in [0.15, 0.2) is 53.0 Å². The Bertz CT molecular complexity index is 770. The second-order valence-electron chi connectivity index (χ2n) is 4.66. The first kappa shape index (κ1) is 13.7. The standard InChI is InChI=1S/C16H10BrNO3/c17-13-8-4-1-5-10(13)9-18-15(20)12-7-3-2-6-11(12)14(19)16(18)21/h1-8H,9H2. The van der Waals surface area contributed by atoms with Crippen LogP contribution in [0.25, 0.3) is 0 Å². The van der Waals surface area contributed by atoms with Crippen LogP contribution in [0, 0.1) is 0 Å². The average molecular weight is 344 g/mol. The van der Waals surface area contributed by atoms with E-state index in [0.29, 0.717) is 0 Å². The van der Waals surface area contributed by atoms with Gasteiger partial charge in [-0.2, -0.15) is 0 Å². The molecule has 0 unspecified atom stereocenters. The Morgan fingerprint density at radius 1 is 0.810 bits per heavy atom. The minimum Gasteiger partial charge on any atom is -0.283 e. The Balaban J connectivity index is 2.01. The summed E-state index contributed by atoms with van der Waals surface area (Å²) in [6.45, 7) is 0.0686. The maximum Gasteiger partial charge on any atom is 0.302 e. The Labute approximate surface area is 129 Å². The lowest BCUT2D eigenvalue weighted by atomic mass is 9.97. The van der Waals surface area contributed by atoms with Gasteiger partial charge in [-0.05, 0) is 17.7 Å². The van der Waals surface area contributed by atoms with Crippen molar-refractivity contribution in [3.05, 3.63) is 69.7 Å². The molecule has 0 N–H and O–H groups in total. The van der Waals surface area contributed by atoms with Crippen LogP contribution < -0.4 is 0 Å². The van der Waals surface area contributed by atoms with Gasteiger partial charge in [0.05, 0.1) is 12.1 Å². The number of nitrogens with zero attached hydrogens (tertiary/aromatic N) is 1. The predicted molar refractivity (Wildman–Crippen MR) is 79.8 cm³/mol. The molecule has 0 saturated carbocycles. The summed E-state index contributed by atoms with van der Waals surface area (Å²) < 4.78 is 0.789. The topological polar surface area (TPSA) is 54.5 Å². The van der Waals surface area contributed by atoms with E-state index in [4.69, 9.17) is 0 Å². The molecular formula is C16H10BrNO3. The van der Waals surface area contributed by atoms with Crippen molar-refractivity contribution in [2.24, 2.45) is 0 Å². The van der Waals surface area contributed by atoms with Crippen LogP contribution in [0.5, 0.6) is 0 Å². The van der Waals surface area contributed by atoms with Crippen molar-refractivity contribution >= 4 is 33.5 Å². The predicted octanol–water partition coefficient (Wildman–Crippen LogP) is 2.81. The fourth-order valence-electron chi connectivity index (χ4n) is 2.28. The maximum absolute atomic E-state index is 12.4. The number of halogens is 1. The van der Waals surface area contributed by atoms with Crippen molar-refractivity contribution in [2.75, 3.05) is 0 Å². The van der Waals surface area contributed by atoms with Gasteiger partial charge in [0.1, 0.15) is 0 Å². The Hall–Kier alpha value is -2.27. The molecule has 0 aliphatic carbocycles. The molecule has 0 fully saturated rings. The molecule has 2 aromatic carbocycles. The molecular weight excluding hydrogens is 334 g/mol. The van der Waals surface area contributed by atoms with Crippen molar-refractivity contribution in [3.63, 3.8) is 0 Å². The number of benzene rings is 2. The highest BCUT2D eigenvalue weighted by Crippen LogP contribution is 2.24. The van der Waals surface area contributed by atoms with E-state index in [1.807, 2.05) is 18.2 Å². The molecule has 0 atom stereocenters. The summed E-state index contributed by atoms with van der Waals surface area (Å²) >= 11 is 3.38. The van der Waals surface area contributed by atoms with Crippen LogP contribution in [0.4, 0.5) is 0 Å². The summed E-state index contributed by atoms with van der Waals surface area (Å²) in [6, 6.07) is 13.7. The van der Waals surface area contributed by atoms with E-state index < -0.39 is 17.6 Å². The molecule has 1 aliphatic rings. The number of hydrogen-bond acceptors (Lipinski definition) is 3. The second kappa shape index (κ2) is 5.26. The second-order valence-corrected chi connectivity index (χ2v) is 5.52. The van der Waals surface area contributed by atoms with Crippen LogP contribution in [-0.4, -0.2) is 22.5 Å². The Kier molecular flexibility index (Phi) is 3.43. The van der Waals surface area contributed by atoms with Crippen molar-refractivity contribution in [1.82, 2.24) is 4.90 Å². The lowest BCUT2D eigenvalue weighted by Gasteiger charge is -2.26. The number of amides is 2. The number of carbonyl (C=O) groups excluding carboxylic acids is 3. The van der Waals surface area contributed by atoms with Gasteiger partial charge in [0.25, 0.3) is 11.7 Å². The maximum atomic E-state index is 12.4. The van der Waals surface area contributed by atoms with Gasteiger partial charge in [0, 0.05) is 10.0 Å². The smallest absolute Gasteiger partial charge is 0.283 e. The first-order chi connectivity index (χ1) is 10.1. The van der Waals surface area contributed by atoms with Gasteiger partial charge in [-0.3, -0.25) is 19.3 Å². The summed E-state index contributed by atoms with van der Waals surface area (Å²) in [5.74, 6) is -1.86. The molecule has 0 aromatic heterocycles. The molecule has 0 spiro atoms. The molecule has 4 nitrogen and oxygen atoms in total. The van der Waals surface area contributed by atoms with E-state index >= 15 is 0 Å². The molecule has 1 heterocycles. The minimum atomic E-state index is -0.783. The zero-order valence-electron chi connectivity index (χ0n) is 10.9. The van der Waals surface area contributed by atoms with Gasteiger partial charge in [0.15, 0.2) is 0 Å². The van der Waals surface area contributed by atoms with E-state index in [-0.39, 0.29) is 17.7 Å². The molecule has 0 radical (unpaired) electrons. The third-order valence-electron chi connectivity index (χ3n) is 3.37. The zero-order chi connectivity index (χ0) is 15.0. The van der Waals surface area contributed by atoms with Crippen LogP contribution in [0.1, 0.15) is 26.3 Å². The quantitative estimate of drug-likeness (QED) is 0.622. The molecule has 3 rings (SSSR count). The molecule has 5 heteroatoms. The first-order valence-corrected chi connectivity index (χ1v) is 7.12. The van der Waals surface area contributed by atoms with Crippen molar-refractivity contribution in [3.8, 4) is 0 Å². The third-order valence-corrected chi connectivity index (χ3v) is 4.15. The number of imide groups is 1. The summed E-state index contributed by atoms with van der Waals surface area (Å²) in [5.41, 5.74) is 1.22. The highest BCUT2D eigenvalue weighted by molar-refractivity contribution is 9.10. The largest absolute Gasteiger partial charge is 0.302 e. The highest BCUT2D eigenvalue weighted by atomic mass is 79.9. The first-order valence-electron chi connectivity index (χ1n) is 6.32. The fraction of sp³-hybridized carbons (Fsp3) is 0.0625. The third kappa shape index (κ3) is 2.29. The van der Waals surface area contributed by atoms with E-state index in [1.54, 1.807) is 24.3 Å². The van der Waals surface area contributed by atoms with Crippen molar-refractivity contribution in [1.29, 1.82) is 0 Å². The van der Waals surface area contributed by atoms with Gasteiger partial charge in [-0.25, -0.2) is 0 Å². The summed E-state index contributed by atoms with van der Waals surface area (Å²) in [4.78, 5) is 37.7. The molecule has 2 aromatic rings. The van der Waals surface area contributed by atoms with E-state index in [2.05, 4.69) is 15.9 Å².